The second-order valence-electron chi connectivity index (χ2n) is 4.94. The third kappa shape index (κ3) is 5.40. The van der Waals surface area contributed by atoms with Gasteiger partial charge in [0.2, 0.25) is 9.05 Å². The molecule has 21 heavy (non-hydrogen) atoms. The average Bonchev–Trinajstić information content (AvgIpc) is 2.43. The van der Waals surface area contributed by atoms with Gasteiger partial charge in [-0.1, -0.05) is 42.5 Å². The molecule has 1 atom stereocenters. The molecule has 0 aliphatic heterocycles. The lowest BCUT2D eigenvalue weighted by Gasteiger charge is -2.17. The number of hydrogen-bond acceptors (Lipinski definition) is 3. The van der Waals surface area contributed by atoms with E-state index in [0.717, 1.165) is 16.9 Å². The van der Waals surface area contributed by atoms with Crippen molar-refractivity contribution in [1.29, 1.82) is 0 Å². The molecular formula is C16H17ClO3S. The Morgan fingerprint density at radius 3 is 2.43 bits per heavy atom. The third-order valence-corrected chi connectivity index (χ3v) is 4.29. The summed E-state index contributed by atoms with van der Waals surface area (Å²) < 4.78 is 28.5. The predicted octanol–water partition coefficient (Wildman–Crippen LogP) is 3.73. The quantitative estimate of drug-likeness (QED) is 0.760. The van der Waals surface area contributed by atoms with Gasteiger partial charge in [0, 0.05) is 16.6 Å². The first-order valence-corrected chi connectivity index (χ1v) is 9.08. The van der Waals surface area contributed by atoms with Crippen LogP contribution < -0.4 is 4.74 Å². The summed E-state index contributed by atoms with van der Waals surface area (Å²) in [6, 6.07) is 17.0. The van der Waals surface area contributed by atoms with E-state index in [-0.39, 0.29) is 18.3 Å². The zero-order valence-electron chi connectivity index (χ0n) is 11.7. The molecule has 1 unspecified atom stereocenters. The largest absolute Gasteiger partial charge is 0.493 e. The molecule has 0 radical (unpaired) electrons. The van der Waals surface area contributed by atoms with E-state index < -0.39 is 9.05 Å². The van der Waals surface area contributed by atoms with Crippen molar-refractivity contribution >= 4 is 19.7 Å². The minimum atomic E-state index is -3.59. The van der Waals surface area contributed by atoms with Crippen molar-refractivity contribution in [2.24, 2.45) is 0 Å². The van der Waals surface area contributed by atoms with Crippen LogP contribution in [0, 0.1) is 6.92 Å². The molecule has 0 aromatic heterocycles. The van der Waals surface area contributed by atoms with Crippen LogP contribution in [0.25, 0.3) is 0 Å². The van der Waals surface area contributed by atoms with Gasteiger partial charge < -0.3 is 4.74 Å². The highest BCUT2D eigenvalue weighted by atomic mass is 35.7. The molecule has 0 saturated heterocycles. The maximum atomic E-state index is 11.4. The Labute approximate surface area is 129 Å². The highest BCUT2D eigenvalue weighted by Gasteiger charge is 2.19. The first-order valence-electron chi connectivity index (χ1n) is 6.61. The topological polar surface area (TPSA) is 43.4 Å². The number of ether oxygens (including phenoxy) is 1. The van der Waals surface area contributed by atoms with Gasteiger partial charge in [0.25, 0.3) is 0 Å². The van der Waals surface area contributed by atoms with Gasteiger partial charge in [-0.3, -0.25) is 0 Å². The minimum Gasteiger partial charge on any atom is -0.493 e. The van der Waals surface area contributed by atoms with Crippen molar-refractivity contribution in [3.05, 3.63) is 65.7 Å². The first kappa shape index (κ1) is 15.9. The molecule has 0 spiro atoms. The normalized spacial score (nSPS) is 12.9. The lowest BCUT2D eigenvalue weighted by Crippen LogP contribution is -2.18. The van der Waals surface area contributed by atoms with Crippen LogP contribution in [0.2, 0.25) is 0 Å². The van der Waals surface area contributed by atoms with Crippen molar-refractivity contribution in [2.75, 3.05) is 12.4 Å². The summed E-state index contributed by atoms with van der Waals surface area (Å²) in [6.07, 6.45) is 0. The Kier molecular flexibility index (Phi) is 5.26. The van der Waals surface area contributed by atoms with E-state index in [9.17, 15) is 8.42 Å². The summed E-state index contributed by atoms with van der Waals surface area (Å²) >= 11 is 0. The Hall–Kier alpha value is -1.52. The summed E-state index contributed by atoms with van der Waals surface area (Å²) in [5, 5.41) is 0. The monoisotopic (exact) mass is 324 g/mol. The molecule has 0 N–H and O–H groups in total. The first-order chi connectivity index (χ1) is 9.94. The van der Waals surface area contributed by atoms with Crippen molar-refractivity contribution in [3.63, 3.8) is 0 Å². The van der Waals surface area contributed by atoms with E-state index in [1.807, 2.05) is 61.5 Å². The van der Waals surface area contributed by atoms with Gasteiger partial charge in [-0.15, -0.1) is 0 Å². The second-order valence-corrected chi connectivity index (χ2v) is 7.76. The Morgan fingerprint density at radius 1 is 1.10 bits per heavy atom. The van der Waals surface area contributed by atoms with Crippen LogP contribution in [0.4, 0.5) is 0 Å². The van der Waals surface area contributed by atoms with Gasteiger partial charge in [0.05, 0.1) is 12.4 Å². The molecule has 0 aliphatic rings. The molecule has 3 nitrogen and oxygen atoms in total. The lowest BCUT2D eigenvalue weighted by atomic mass is 10.0. The Bertz CT molecular complexity index is 684. The van der Waals surface area contributed by atoms with Gasteiger partial charge in [-0.2, -0.15) is 0 Å². The lowest BCUT2D eigenvalue weighted by molar-refractivity contribution is 0.296. The van der Waals surface area contributed by atoms with Crippen LogP contribution in [-0.4, -0.2) is 20.8 Å². The van der Waals surface area contributed by atoms with Crippen LogP contribution in [0.3, 0.4) is 0 Å². The van der Waals surface area contributed by atoms with Crippen LogP contribution in [0.15, 0.2) is 54.6 Å². The zero-order chi connectivity index (χ0) is 15.3. The summed E-state index contributed by atoms with van der Waals surface area (Å²) in [5.74, 6) is 0.279. The van der Waals surface area contributed by atoms with E-state index in [4.69, 9.17) is 15.4 Å². The molecule has 2 aromatic carbocycles. The summed E-state index contributed by atoms with van der Waals surface area (Å²) in [7, 11) is 1.81. The highest BCUT2D eigenvalue weighted by molar-refractivity contribution is 8.13. The van der Waals surface area contributed by atoms with Crippen molar-refractivity contribution in [2.45, 2.75) is 12.8 Å². The number of halogens is 1. The maximum absolute atomic E-state index is 11.4. The summed E-state index contributed by atoms with van der Waals surface area (Å²) in [5.41, 5.74) is 1.99. The molecule has 0 fully saturated rings. The Balaban J connectivity index is 2.13. The molecular weight excluding hydrogens is 308 g/mol. The van der Waals surface area contributed by atoms with Crippen LogP contribution in [0.1, 0.15) is 17.0 Å². The van der Waals surface area contributed by atoms with Crippen molar-refractivity contribution in [3.8, 4) is 5.75 Å². The van der Waals surface area contributed by atoms with Crippen molar-refractivity contribution in [1.82, 2.24) is 0 Å². The average molecular weight is 325 g/mol. The fraction of sp³-hybridized carbons (Fsp3) is 0.250. The summed E-state index contributed by atoms with van der Waals surface area (Å²) in [6.45, 7) is 2.24. The standard InChI is InChI=1S/C16H17ClO3S/c1-13-6-5-9-16(10-13)20-11-15(12-21(17,18)19)14-7-3-2-4-8-14/h2-10,15H,11-12H2,1H3. The zero-order valence-corrected chi connectivity index (χ0v) is 13.3. The molecule has 0 aliphatic carbocycles. The fourth-order valence-electron chi connectivity index (χ4n) is 2.11. The molecule has 0 bridgehead atoms. The number of rotatable bonds is 6. The molecule has 0 heterocycles. The summed E-state index contributed by atoms with van der Waals surface area (Å²) in [4.78, 5) is 0. The van der Waals surface area contributed by atoms with E-state index in [1.165, 1.54) is 0 Å². The molecule has 112 valence electrons. The Morgan fingerprint density at radius 2 is 1.81 bits per heavy atom. The molecule has 5 heteroatoms. The SMILES string of the molecule is Cc1cccc(OCC(CS(=O)(=O)Cl)c2ccccc2)c1. The smallest absolute Gasteiger partial charge is 0.233 e. The molecule has 2 aromatic rings. The predicted molar refractivity (Wildman–Crippen MR) is 85.5 cm³/mol. The van der Waals surface area contributed by atoms with E-state index in [0.29, 0.717) is 0 Å². The molecule has 0 saturated carbocycles. The van der Waals surface area contributed by atoms with Gasteiger partial charge >= 0.3 is 0 Å². The maximum Gasteiger partial charge on any atom is 0.233 e. The van der Waals surface area contributed by atoms with Crippen molar-refractivity contribution < 1.29 is 13.2 Å². The van der Waals surface area contributed by atoms with Gasteiger partial charge in [-0.25, -0.2) is 8.42 Å². The van der Waals surface area contributed by atoms with Crippen LogP contribution >= 0.6 is 10.7 Å². The number of hydrogen-bond donors (Lipinski definition) is 0. The second kappa shape index (κ2) is 6.96. The van der Waals surface area contributed by atoms with E-state index in [1.54, 1.807) is 0 Å². The number of aryl methyl sites for hydroxylation is 1. The van der Waals surface area contributed by atoms with Crippen LogP contribution in [-0.2, 0) is 9.05 Å². The number of benzene rings is 2. The van der Waals surface area contributed by atoms with Crippen LogP contribution in [0.5, 0.6) is 5.75 Å². The van der Waals surface area contributed by atoms with Gasteiger partial charge in [0.15, 0.2) is 0 Å². The van der Waals surface area contributed by atoms with E-state index >= 15 is 0 Å². The minimum absolute atomic E-state index is 0.148. The van der Waals surface area contributed by atoms with Gasteiger partial charge in [0.1, 0.15) is 5.75 Å². The van der Waals surface area contributed by atoms with Gasteiger partial charge in [-0.05, 0) is 30.2 Å². The third-order valence-electron chi connectivity index (χ3n) is 3.11. The van der Waals surface area contributed by atoms with E-state index in [2.05, 4.69) is 0 Å². The highest BCUT2D eigenvalue weighted by Crippen LogP contribution is 2.22. The molecule has 2 rings (SSSR count). The fourth-order valence-corrected chi connectivity index (χ4v) is 3.33. The molecule has 0 amide bonds.